The first kappa shape index (κ1) is 9.01. The van der Waals surface area contributed by atoms with Gasteiger partial charge < -0.3 is 5.32 Å². The Balaban J connectivity index is 2.12. The Kier molecular flexibility index (Phi) is 2.54. The van der Waals surface area contributed by atoms with E-state index in [1.807, 2.05) is 0 Å². The molecule has 1 saturated heterocycles. The predicted molar refractivity (Wildman–Crippen MR) is 56.7 cm³/mol. The van der Waals surface area contributed by atoms with Gasteiger partial charge in [0.1, 0.15) is 0 Å². The minimum atomic E-state index is 0.803. The second-order valence-corrected chi connectivity index (χ2v) is 4.54. The first-order valence-corrected chi connectivity index (χ1v) is 5.38. The van der Waals surface area contributed by atoms with E-state index in [-0.39, 0.29) is 0 Å². The van der Waals surface area contributed by atoms with Crippen molar-refractivity contribution in [1.82, 2.24) is 5.32 Å². The SMILES string of the molecule is CC(C)CC1=C2CNCCC2=CC1. The Hall–Kier alpha value is -0.560. The van der Waals surface area contributed by atoms with E-state index in [1.54, 1.807) is 16.7 Å². The van der Waals surface area contributed by atoms with Crippen molar-refractivity contribution in [2.24, 2.45) is 5.92 Å². The van der Waals surface area contributed by atoms with E-state index in [9.17, 15) is 0 Å². The third-order valence-corrected chi connectivity index (χ3v) is 2.94. The molecule has 0 unspecified atom stereocenters. The van der Waals surface area contributed by atoms with Crippen LogP contribution in [-0.4, -0.2) is 13.1 Å². The Morgan fingerprint density at radius 3 is 3.08 bits per heavy atom. The summed E-state index contributed by atoms with van der Waals surface area (Å²) in [4.78, 5) is 0. The fourth-order valence-electron chi connectivity index (χ4n) is 2.35. The molecule has 1 aliphatic carbocycles. The zero-order valence-electron chi connectivity index (χ0n) is 8.69. The summed E-state index contributed by atoms with van der Waals surface area (Å²) in [6.45, 7) is 6.90. The summed E-state index contributed by atoms with van der Waals surface area (Å²) in [6, 6.07) is 0. The molecule has 0 aromatic rings. The van der Waals surface area contributed by atoms with Crippen LogP contribution in [0.1, 0.15) is 33.1 Å². The minimum absolute atomic E-state index is 0.803. The molecule has 1 nitrogen and oxygen atoms in total. The number of fused-ring (bicyclic) bond motifs is 1. The smallest absolute Gasteiger partial charge is 0.0207 e. The third-order valence-electron chi connectivity index (χ3n) is 2.94. The van der Waals surface area contributed by atoms with Crippen molar-refractivity contribution >= 4 is 0 Å². The quantitative estimate of drug-likeness (QED) is 0.683. The second kappa shape index (κ2) is 3.67. The van der Waals surface area contributed by atoms with Crippen LogP contribution in [0, 0.1) is 5.92 Å². The lowest BCUT2D eigenvalue weighted by Gasteiger charge is -2.19. The van der Waals surface area contributed by atoms with Crippen LogP contribution in [0.15, 0.2) is 22.8 Å². The van der Waals surface area contributed by atoms with Gasteiger partial charge in [-0.2, -0.15) is 0 Å². The highest BCUT2D eigenvalue weighted by Gasteiger charge is 2.20. The fourth-order valence-corrected chi connectivity index (χ4v) is 2.35. The molecule has 2 aliphatic rings. The van der Waals surface area contributed by atoms with Crippen molar-refractivity contribution < 1.29 is 0 Å². The largest absolute Gasteiger partial charge is 0.312 e. The molecular weight excluding hydrogens is 158 g/mol. The molecule has 0 spiro atoms. The number of rotatable bonds is 2. The lowest BCUT2D eigenvalue weighted by Crippen LogP contribution is -2.25. The van der Waals surface area contributed by atoms with E-state index in [1.165, 1.54) is 25.8 Å². The fraction of sp³-hybridized carbons (Fsp3) is 0.667. The number of hydrogen-bond acceptors (Lipinski definition) is 1. The van der Waals surface area contributed by atoms with E-state index in [0.29, 0.717) is 0 Å². The lowest BCUT2D eigenvalue weighted by atomic mass is 9.95. The summed E-state index contributed by atoms with van der Waals surface area (Å²) in [5.41, 5.74) is 4.96. The van der Waals surface area contributed by atoms with Gasteiger partial charge in [-0.25, -0.2) is 0 Å². The van der Waals surface area contributed by atoms with Gasteiger partial charge in [-0.05, 0) is 42.9 Å². The number of nitrogens with one attached hydrogen (secondary N) is 1. The zero-order valence-corrected chi connectivity index (χ0v) is 8.69. The zero-order chi connectivity index (χ0) is 9.26. The molecule has 1 heteroatoms. The average Bonchev–Trinajstić information content (AvgIpc) is 2.48. The van der Waals surface area contributed by atoms with Gasteiger partial charge in [0.25, 0.3) is 0 Å². The molecular formula is C12H19N. The van der Waals surface area contributed by atoms with Crippen LogP contribution in [-0.2, 0) is 0 Å². The molecule has 1 heterocycles. The Bertz CT molecular complexity index is 258. The molecule has 13 heavy (non-hydrogen) atoms. The van der Waals surface area contributed by atoms with Crippen molar-refractivity contribution in [3.05, 3.63) is 22.8 Å². The molecule has 0 saturated carbocycles. The normalized spacial score (nSPS) is 22.2. The predicted octanol–water partition coefficient (Wildman–Crippen LogP) is 2.65. The van der Waals surface area contributed by atoms with Gasteiger partial charge in [0, 0.05) is 6.54 Å². The first-order valence-electron chi connectivity index (χ1n) is 5.38. The third kappa shape index (κ3) is 1.86. The maximum atomic E-state index is 3.46. The summed E-state index contributed by atoms with van der Waals surface area (Å²) >= 11 is 0. The van der Waals surface area contributed by atoms with Gasteiger partial charge in [-0.15, -0.1) is 0 Å². The maximum Gasteiger partial charge on any atom is 0.0207 e. The molecule has 2 rings (SSSR count). The average molecular weight is 177 g/mol. The second-order valence-electron chi connectivity index (χ2n) is 4.54. The van der Waals surface area contributed by atoms with Crippen LogP contribution in [0.2, 0.25) is 0 Å². The van der Waals surface area contributed by atoms with E-state index < -0.39 is 0 Å². The summed E-state index contributed by atoms with van der Waals surface area (Å²) in [5, 5.41) is 3.46. The van der Waals surface area contributed by atoms with Crippen molar-refractivity contribution in [2.45, 2.75) is 33.1 Å². The minimum Gasteiger partial charge on any atom is -0.312 e. The highest BCUT2D eigenvalue weighted by Crippen LogP contribution is 2.33. The molecule has 1 fully saturated rings. The molecule has 0 amide bonds. The standard InChI is InChI=1S/C12H19N/c1-9(2)7-11-4-3-10-5-6-13-8-12(10)11/h3,9,13H,4-8H2,1-2H3. The van der Waals surface area contributed by atoms with Gasteiger partial charge in [-0.1, -0.05) is 25.5 Å². The van der Waals surface area contributed by atoms with Gasteiger partial charge in [0.15, 0.2) is 0 Å². The van der Waals surface area contributed by atoms with Crippen LogP contribution in [0.25, 0.3) is 0 Å². The van der Waals surface area contributed by atoms with Crippen LogP contribution in [0.4, 0.5) is 0 Å². The van der Waals surface area contributed by atoms with E-state index in [2.05, 4.69) is 25.2 Å². The Morgan fingerprint density at radius 1 is 1.46 bits per heavy atom. The molecule has 0 bridgehead atoms. The Labute approximate surface area is 80.9 Å². The molecule has 1 aliphatic heterocycles. The number of piperidine rings is 1. The Morgan fingerprint density at radius 2 is 2.31 bits per heavy atom. The molecule has 0 aromatic heterocycles. The van der Waals surface area contributed by atoms with E-state index in [4.69, 9.17) is 0 Å². The molecule has 0 atom stereocenters. The highest BCUT2D eigenvalue weighted by atomic mass is 14.9. The number of allylic oxidation sites excluding steroid dienone is 2. The summed E-state index contributed by atoms with van der Waals surface area (Å²) < 4.78 is 0. The summed E-state index contributed by atoms with van der Waals surface area (Å²) in [5.74, 6) is 0.803. The molecule has 72 valence electrons. The van der Waals surface area contributed by atoms with Crippen LogP contribution in [0.5, 0.6) is 0 Å². The lowest BCUT2D eigenvalue weighted by molar-refractivity contribution is 0.624. The van der Waals surface area contributed by atoms with Crippen molar-refractivity contribution in [3.63, 3.8) is 0 Å². The summed E-state index contributed by atoms with van der Waals surface area (Å²) in [7, 11) is 0. The maximum absolute atomic E-state index is 3.46. The van der Waals surface area contributed by atoms with Gasteiger partial charge in [0.2, 0.25) is 0 Å². The van der Waals surface area contributed by atoms with Gasteiger partial charge in [-0.3, -0.25) is 0 Å². The van der Waals surface area contributed by atoms with E-state index >= 15 is 0 Å². The molecule has 1 N–H and O–H groups in total. The monoisotopic (exact) mass is 177 g/mol. The molecule has 0 radical (unpaired) electrons. The molecule has 0 aromatic carbocycles. The first-order chi connectivity index (χ1) is 6.27. The van der Waals surface area contributed by atoms with Crippen LogP contribution >= 0.6 is 0 Å². The topological polar surface area (TPSA) is 12.0 Å². The highest BCUT2D eigenvalue weighted by molar-refractivity contribution is 5.44. The van der Waals surface area contributed by atoms with Crippen LogP contribution in [0.3, 0.4) is 0 Å². The van der Waals surface area contributed by atoms with Crippen molar-refractivity contribution in [3.8, 4) is 0 Å². The van der Waals surface area contributed by atoms with Crippen LogP contribution < -0.4 is 5.32 Å². The number of hydrogen-bond donors (Lipinski definition) is 1. The summed E-state index contributed by atoms with van der Waals surface area (Å²) in [6.07, 6.45) is 6.20. The van der Waals surface area contributed by atoms with Crippen molar-refractivity contribution in [2.75, 3.05) is 13.1 Å². The van der Waals surface area contributed by atoms with Crippen molar-refractivity contribution in [1.29, 1.82) is 0 Å². The van der Waals surface area contributed by atoms with E-state index in [0.717, 1.165) is 12.5 Å². The van der Waals surface area contributed by atoms with Gasteiger partial charge >= 0.3 is 0 Å². The van der Waals surface area contributed by atoms with Gasteiger partial charge in [0.05, 0.1) is 0 Å².